The number of aliphatic hydroxyl groups is 1. The number of halogens is 1. The van der Waals surface area contributed by atoms with Gasteiger partial charge in [0.25, 0.3) is 5.78 Å². The number of fused-ring (bicyclic) bond motifs is 2. The van der Waals surface area contributed by atoms with Crippen molar-refractivity contribution in [2.75, 3.05) is 12.0 Å². The van der Waals surface area contributed by atoms with Gasteiger partial charge in [0.1, 0.15) is 17.6 Å². The Morgan fingerprint density at radius 1 is 1.10 bits per heavy atom. The van der Waals surface area contributed by atoms with Gasteiger partial charge in [0.15, 0.2) is 5.13 Å². The molecule has 8 nitrogen and oxygen atoms in total. The number of nitrogens with zero attached hydrogens (tertiary/aromatic N) is 2. The Labute approximate surface area is 232 Å². The first-order chi connectivity index (χ1) is 18.7. The number of aromatic nitrogens is 1. The molecule has 3 aromatic carbocycles. The molecule has 2 aliphatic heterocycles. The molecule has 1 N–H and O–H groups in total. The van der Waals surface area contributed by atoms with Gasteiger partial charge in [-0.05, 0) is 66.6 Å². The maximum atomic E-state index is 13.5. The van der Waals surface area contributed by atoms with Crippen LogP contribution in [0.25, 0.3) is 16.0 Å². The number of carbonyl (C=O) groups excluding carboxylic acids is 3. The molecule has 3 heterocycles. The normalized spacial score (nSPS) is 19.8. The van der Waals surface area contributed by atoms with E-state index in [9.17, 15) is 19.5 Å². The fourth-order valence-electron chi connectivity index (χ4n) is 4.98. The smallest absolute Gasteiger partial charge is 0.337 e. The van der Waals surface area contributed by atoms with E-state index in [2.05, 4.69) is 4.98 Å². The third kappa shape index (κ3) is 4.24. The van der Waals surface area contributed by atoms with Crippen LogP contribution in [0.3, 0.4) is 0 Å². The fraction of sp³-hybridized carbons (Fsp3) is 0.172. The average molecular weight is 561 g/mol. The van der Waals surface area contributed by atoms with E-state index in [1.165, 1.54) is 23.3 Å². The van der Waals surface area contributed by atoms with Crippen molar-refractivity contribution < 1.29 is 29.0 Å². The van der Waals surface area contributed by atoms with Crippen LogP contribution in [-0.2, 0) is 20.7 Å². The van der Waals surface area contributed by atoms with Gasteiger partial charge in [-0.1, -0.05) is 35.1 Å². The van der Waals surface area contributed by atoms with Crippen LogP contribution >= 0.6 is 22.9 Å². The number of thiazole rings is 1. The summed E-state index contributed by atoms with van der Waals surface area (Å²) in [5, 5.41) is 12.3. The van der Waals surface area contributed by atoms with Crippen molar-refractivity contribution in [3.8, 4) is 5.75 Å². The van der Waals surface area contributed by atoms with E-state index in [1.807, 2.05) is 6.92 Å². The molecule has 1 saturated heterocycles. The summed E-state index contributed by atoms with van der Waals surface area (Å²) < 4.78 is 11.3. The Bertz CT molecular complexity index is 1710. The number of Topliss-reactive ketones (excluding diaryl/α,β-unsaturated/α-hetero) is 1. The Morgan fingerprint density at radius 3 is 2.59 bits per heavy atom. The molecule has 2 atom stereocenters. The van der Waals surface area contributed by atoms with Crippen molar-refractivity contribution in [2.24, 2.45) is 0 Å². The van der Waals surface area contributed by atoms with E-state index >= 15 is 0 Å². The summed E-state index contributed by atoms with van der Waals surface area (Å²) >= 11 is 7.37. The Morgan fingerprint density at radius 2 is 1.85 bits per heavy atom. The second kappa shape index (κ2) is 9.52. The van der Waals surface area contributed by atoms with Gasteiger partial charge in [-0.3, -0.25) is 14.5 Å². The SMILES string of the molecule is COC(=O)c1ccc([C@H]2/C(=C(\O)c3ccc4c(c3)C[C@@H](C)O4)C(=O)C(=O)N2c2nc3ccc(Cl)cc3s2)cc1. The second-order valence-electron chi connectivity index (χ2n) is 9.35. The van der Waals surface area contributed by atoms with Gasteiger partial charge in [0.2, 0.25) is 0 Å². The zero-order valence-corrected chi connectivity index (χ0v) is 22.4. The second-order valence-corrected chi connectivity index (χ2v) is 10.8. The summed E-state index contributed by atoms with van der Waals surface area (Å²) in [7, 11) is 1.28. The van der Waals surface area contributed by atoms with Crippen molar-refractivity contribution in [1.82, 2.24) is 4.98 Å². The van der Waals surface area contributed by atoms with Crippen LogP contribution in [0.2, 0.25) is 5.02 Å². The fourth-order valence-corrected chi connectivity index (χ4v) is 6.25. The molecule has 0 aliphatic carbocycles. The molecule has 4 aromatic rings. The highest BCUT2D eigenvalue weighted by Crippen LogP contribution is 2.45. The maximum Gasteiger partial charge on any atom is 0.337 e. The minimum atomic E-state index is -0.990. The Hall–Kier alpha value is -4.21. The molecule has 1 amide bonds. The van der Waals surface area contributed by atoms with Crippen LogP contribution in [0.15, 0.2) is 66.2 Å². The van der Waals surface area contributed by atoms with Gasteiger partial charge in [0, 0.05) is 17.0 Å². The van der Waals surface area contributed by atoms with E-state index in [0.29, 0.717) is 33.7 Å². The molecule has 1 aromatic heterocycles. The molecule has 0 unspecified atom stereocenters. The topological polar surface area (TPSA) is 106 Å². The predicted molar refractivity (Wildman–Crippen MR) is 147 cm³/mol. The molecule has 1 fully saturated rings. The minimum Gasteiger partial charge on any atom is -0.507 e. The van der Waals surface area contributed by atoms with E-state index in [1.54, 1.807) is 60.7 Å². The molecule has 2 aliphatic rings. The van der Waals surface area contributed by atoms with Crippen LogP contribution < -0.4 is 9.64 Å². The number of anilines is 1. The van der Waals surface area contributed by atoms with Gasteiger partial charge < -0.3 is 14.6 Å². The summed E-state index contributed by atoms with van der Waals surface area (Å²) in [6.07, 6.45) is 0.668. The van der Waals surface area contributed by atoms with Crippen LogP contribution in [-0.4, -0.2) is 41.0 Å². The number of benzene rings is 3. The maximum absolute atomic E-state index is 13.5. The number of aliphatic hydroxyl groups excluding tert-OH is 1. The lowest BCUT2D eigenvalue weighted by atomic mass is 9.94. The van der Waals surface area contributed by atoms with E-state index in [4.69, 9.17) is 21.1 Å². The molecule has 10 heteroatoms. The standard InChI is InChI=1S/C29H21ClN2O6S/c1-14-11-18-12-17(7-10-21(18)38-14)25(33)23-24(15-3-5-16(6-4-15)28(36)37-2)32(27(35)26(23)34)29-31-20-9-8-19(30)13-22(20)39-29/h3-10,12-14,24,33H,11H2,1-2H3/b25-23+/t14-,24+/m1/s1. The Kier molecular flexibility index (Phi) is 6.12. The Balaban J connectivity index is 1.52. The number of methoxy groups -OCH3 is 1. The molecule has 196 valence electrons. The molecule has 0 saturated carbocycles. The third-order valence-corrected chi connectivity index (χ3v) is 8.06. The first-order valence-electron chi connectivity index (χ1n) is 12.1. The molecular formula is C29H21ClN2O6S. The lowest BCUT2D eigenvalue weighted by Gasteiger charge is -2.23. The molecule has 0 bridgehead atoms. The first-order valence-corrected chi connectivity index (χ1v) is 13.3. The van der Waals surface area contributed by atoms with E-state index in [0.717, 1.165) is 16.0 Å². The van der Waals surface area contributed by atoms with Crippen molar-refractivity contribution >= 4 is 61.7 Å². The minimum absolute atomic E-state index is 0.00356. The van der Waals surface area contributed by atoms with Crippen molar-refractivity contribution in [3.05, 3.63) is 93.5 Å². The van der Waals surface area contributed by atoms with Crippen molar-refractivity contribution in [2.45, 2.75) is 25.5 Å². The first kappa shape index (κ1) is 25.1. The molecule has 6 rings (SSSR count). The quantitative estimate of drug-likeness (QED) is 0.148. The van der Waals surface area contributed by atoms with Gasteiger partial charge in [-0.2, -0.15) is 0 Å². The summed E-state index contributed by atoms with van der Waals surface area (Å²) in [6, 6.07) is 15.7. The highest BCUT2D eigenvalue weighted by molar-refractivity contribution is 7.22. The zero-order chi connectivity index (χ0) is 27.4. The molecular weight excluding hydrogens is 540 g/mol. The molecule has 0 radical (unpaired) electrons. The van der Waals surface area contributed by atoms with Gasteiger partial charge in [-0.25, -0.2) is 9.78 Å². The monoisotopic (exact) mass is 560 g/mol. The highest BCUT2D eigenvalue weighted by Gasteiger charge is 2.48. The van der Waals surface area contributed by atoms with Gasteiger partial charge in [-0.15, -0.1) is 0 Å². The van der Waals surface area contributed by atoms with Crippen molar-refractivity contribution in [1.29, 1.82) is 0 Å². The number of carbonyl (C=O) groups is 3. The van der Waals surface area contributed by atoms with Crippen LogP contribution in [0.5, 0.6) is 5.75 Å². The molecule has 0 spiro atoms. The predicted octanol–water partition coefficient (Wildman–Crippen LogP) is 5.69. The van der Waals surface area contributed by atoms with Crippen LogP contribution in [0.4, 0.5) is 5.13 Å². The lowest BCUT2D eigenvalue weighted by Crippen LogP contribution is -2.29. The summed E-state index contributed by atoms with van der Waals surface area (Å²) in [6.45, 7) is 1.95. The summed E-state index contributed by atoms with van der Waals surface area (Å²) in [4.78, 5) is 44.9. The largest absolute Gasteiger partial charge is 0.507 e. The third-order valence-electron chi connectivity index (χ3n) is 6.81. The lowest BCUT2D eigenvalue weighted by molar-refractivity contribution is -0.132. The van der Waals surface area contributed by atoms with Crippen LogP contribution in [0, 0.1) is 0 Å². The number of ketones is 1. The summed E-state index contributed by atoms with van der Waals surface area (Å²) in [5.74, 6) is -1.75. The highest BCUT2D eigenvalue weighted by atomic mass is 35.5. The number of esters is 1. The number of rotatable bonds is 4. The average Bonchev–Trinajstić information content (AvgIpc) is 3.59. The van der Waals surface area contributed by atoms with Gasteiger partial charge >= 0.3 is 11.9 Å². The van der Waals surface area contributed by atoms with Crippen LogP contribution in [0.1, 0.15) is 40.0 Å². The van der Waals surface area contributed by atoms with Crippen molar-refractivity contribution in [3.63, 3.8) is 0 Å². The van der Waals surface area contributed by atoms with E-state index < -0.39 is 23.7 Å². The zero-order valence-electron chi connectivity index (χ0n) is 20.8. The number of hydrogen-bond acceptors (Lipinski definition) is 8. The number of hydrogen-bond donors (Lipinski definition) is 1. The number of ether oxygens (including phenoxy) is 2. The number of amides is 1. The van der Waals surface area contributed by atoms with Gasteiger partial charge in [0.05, 0.1) is 34.5 Å². The van der Waals surface area contributed by atoms with E-state index in [-0.39, 0.29) is 22.6 Å². The summed E-state index contributed by atoms with van der Waals surface area (Å²) in [5.41, 5.74) is 2.67. The molecule has 39 heavy (non-hydrogen) atoms.